The summed E-state index contributed by atoms with van der Waals surface area (Å²) in [5.74, 6) is -0.342. The van der Waals surface area contributed by atoms with Crippen LogP contribution >= 0.6 is 11.3 Å². The first-order chi connectivity index (χ1) is 26.9. The average molecular weight is 770 g/mol. The molecule has 4 heterocycles. The molecule has 0 fully saturated rings. The second-order valence-electron chi connectivity index (χ2n) is 14.7. The molecule has 0 radical (unpaired) electrons. The maximum absolute atomic E-state index is 13.9. The minimum Gasteiger partial charge on any atom is -0.493 e. The zero-order chi connectivity index (χ0) is 39.4. The van der Waals surface area contributed by atoms with Crippen molar-refractivity contribution in [2.24, 2.45) is 0 Å². The number of ether oxygens (including phenoxy) is 2. The van der Waals surface area contributed by atoms with E-state index in [-0.39, 0.29) is 18.0 Å². The number of fused-ring (bicyclic) bond motifs is 2. The van der Waals surface area contributed by atoms with Crippen LogP contribution in [-0.4, -0.2) is 56.7 Å². The van der Waals surface area contributed by atoms with Crippen molar-refractivity contribution in [1.29, 1.82) is 0 Å². The molecule has 0 unspecified atom stereocenters. The lowest BCUT2D eigenvalue weighted by Crippen LogP contribution is -2.33. The molecule has 7 rings (SSSR count). The highest BCUT2D eigenvalue weighted by atomic mass is 32.1. The molecule has 1 amide bonds. The first-order valence-electron chi connectivity index (χ1n) is 18.6. The number of pyridine rings is 2. The first-order valence-corrected chi connectivity index (χ1v) is 19.4. The molecule has 0 saturated heterocycles. The Morgan fingerprint density at radius 3 is 2.52 bits per heavy atom. The lowest BCUT2D eigenvalue weighted by molar-refractivity contribution is -0.136. The lowest BCUT2D eigenvalue weighted by Gasteiger charge is -2.31. The zero-order valence-electron chi connectivity index (χ0n) is 31.8. The predicted octanol–water partition coefficient (Wildman–Crippen LogP) is 8.47. The van der Waals surface area contributed by atoms with Gasteiger partial charge < -0.3 is 19.5 Å². The molecule has 1 aliphatic heterocycles. The summed E-state index contributed by atoms with van der Waals surface area (Å²) in [6.45, 7) is 8.98. The van der Waals surface area contributed by atoms with E-state index in [9.17, 15) is 14.4 Å². The van der Waals surface area contributed by atoms with Crippen LogP contribution in [0.1, 0.15) is 76.0 Å². The summed E-state index contributed by atoms with van der Waals surface area (Å²) in [6, 6.07) is 26.8. The zero-order valence-corrected chi connectivity index (χ0v) is 32.6. The summed E-state index contributed by atoms with van der Waals surface area (Å²) in [6.07, 6.45) is 3.63. The molecular weight excluding hydrogens is 727 g/mol. The molecule has 0 bridgehead atoms. The van der Waals surface area contributed by atoms with Crippen LogP contribution < -0.4 is 15.0 Å². The van der Waals surface area contributed by atoms with E-state index in [1.807, 2.05) is 100 Å². The molecule has 56 heavy (non-hydrogen) atoms. The van der Waals surface area contributed by atoms with E-state index in [2.05, 4.69) is 26.3 Å². The summed E-state index contributed by atoms with van der Waals surface area (Å²) < 4.78 is 13.1. The van der Waals surface area contributed by atoms with Gasteiger partial charge in [0.25, 0.3) is 5.91 Å². The highest BCUT2D eigenvalue weighted by Gasteiger charge is 2.28. The number of aliphatic carboxylic acids is 1. The first kappa shape index (κ1) is 38.1. The standard InChI is InChI=1S/C44H43N5O6S/c1-27-31(12-8-15-36(27)54-23-9-11-30-18-17-28(25-45-30)24-39(50)51)32-19-20-38(47-40(32)42(53)55-44(2,3)4)49-22-21-29-10-7-13-33(34(29)26-49)41(52)48-43-46-35-14-5-6-16-37(35)56-43/h5-8,10,12-20,25H,9,11,21-24,26H2,1-4H3,(H,50,51)(H,46,48,52). The minimum absolute atomic E-state index is 0.0549. The molecule has 2 N–H and O–H groups in total. The largest absolute Gasteiger partial charge is 0.493 e. The molecular formula is C44H43N5O6S. The number of para-hydroxylation sites is 1. The van der Waals surface area contributed by atoms with Crippen LogP contribution in [0, 0.1) is 6.92 Å². The normalized spacial score (nSPS) is 12.6. The van der Waals surface area contributed by atoms with Crippen LogP contribution in [0.15, 0.2) is 91.1 Å². The van der Waals surface area contributed by atoms with Gasteiger partial charge in [-0.1, -0.05) is 53.8 Å². The number of hydrogen-bond acceptors (Lipinski definition) is 10. The van der Waals surface area contributed by atoms with Crippen molar-refractivity contribution >= 4 is 50.3 Å². The number of carbonyl (C=O) groups excluding carboxylic acids is 2. The van der Waals surface area contributed by atoms with Crippen LogP contribution in [-0.2, 0) is 35.3 Å². The van der Waals surface area contributed by atoms with Gasteiger partial charge in [0.15, 0.2) is 10.8 Å². The molecule has 286 valence electrons. The summed E-state index contributed by atoms with van der Waals surface area (Å²) in [7, 11) is 0. The van der Waals surface area contributed by atoms with Gasteiger partial charge in [-0.15, -0.1) is 0 Å². The van der Waals surface area contributed by atoms with E-state index in [0.717, 1.165) is 38.2 Å². The number of hydrogen-bond donors (Lipinski definition) is 2. The molecule has 1 aliphatic rings. The fraction of sp³-hybridized carbons (Fsp3) is 0.273. The van der Waals surface area contributed by atoms with Gasteiger partial charge in [0.05, 0.1) is 23.2 Å². The minimum atomic E-state index is -0.887. The average Bonchev–Trinajstić information content (AvgIpc) is 3.58. The number of benzene rings is 3. The van der Waals surface area contributed by atoms with Crippen molar-refractivity contribution in [1.82, 2.24) is 15.0 Å². The Morgan fingerprint density at radius 1 is 0.929 bits per heavy atom. The second kappa shape index (κ2) is 16.3. The van der Waals surface area contributed by atoms with Gasteiger partial charge in [0, 0.05) is 36.1 Å². The number of nitrogens with zero attached hydrogens (tertiary/aromatic N) is 4. The Hall–Kier alpha value is -6.14. The molecule has 0 spiro atoms. The Balaban J connectivity index is 1.11. The van der Waals surface area contributed by atoms with Crippen molar-refractivity contribution in [3.05, 3.63) is 130 Å². The lowest BCUT2D eigenvalue weighted by atomic mass is 9.94. The maximum atomic E-state index is 13.9. The third-order valence-electron chi connectivity index (χ3n) is 9.48. The van der Waals surface area contributed by atoms with Crippen LogP contribution in [0.4, 0.5) is 10.9 Å². The number of rotatable bonds is 12. The summed E-state index contributed by atoms with van der Waals surface area (Å²) in [5.41, 5.74) is 6.69. The van der Waals surface area contributed by atoms with Crippen LogP contribution in [0.3, 0.4) is 0 Å². The van der Waals surface area contributed by atoms with Crippen LogP contribution in [0.2, 0.25) is 0 Å². The summed E-state index contributed by atoms with van der Waals surface area (Å²) >= 11 is 1.44. The molecule has 12 heteroatoms. The molecule has 6 aromatic rings. The van der Waals surface area contributed by atoms with Crippen molar-refractivity contribution in [3.8, 4) is 16.9 Å². The quantitative estimate of drug-likeness (QED) is 0.0919. The fourth-order valence-corrected chi connectivity index (χ4v) is 7.64. The van der Waals surface area contributed by atoms with E-state index < -0.39 is 17.5 Å². The van der Waals surface area contributed by atoms with Crippen molar-refractivity contribution in [2.75, 3.05) is 23.4 Å². The number of thiazole rings is 1. The highest BCUT2D eigenvalue weighted by Crippen LogP contribution is 2.35. The third kappa shape index (κ3) is 8.87. The molecule has 0 aliphatic carbocycles. The van der Waals surface area contributed by atoms with E-state index in [0.29, 0.717) is 72.3 Å². The number of carboxylic acid groups (broad SMARTS) is 1. The van der Waals surface area contributed by atoms with Gasteiger partial charge in [0.1, 0.15) is 17.2 Å². The van der Waals surface area contributed by atoms with Gasteiger partial charge in [-0.3, -0.25) is 19.9 Å². The van der Waals surface area contributed by atoms with E-state index in [1.165, 1.54) is 11.3 Å². The molecule has 3 aromatic heterocycles. The monoisotopic (exact) mass is 769 g/mol. The summed E-state index contributed by atoms with van der Waals surface area (Å²) in [4.78, 5) is 54.5. The Kier molecular flexibility index (Phi) is 11.1. The van der Waals surface area contributed by atoms with Gasteiger partial charge >= 0.3 is 11.9 Å². The Labute approximate surface area is 329 Å². The summed E-state index contributed by atoms with van der Waals surface area (Å²) in [5, 5.41) is 12.6. The van der Waals surface area contributed by atoms with Crippen molar-refractivity contribution in [3.63, 3.8) is 0 Å². The van der Waals surface area contributed by atoms with Crippen LogP contribution in [0.25, 0.3) is 21.3 Å². The van der Waals surface area contributed by atoms with Gasteiger partial charge in [-0.25, -0.2) is 14.8 Å². The smallest absolute Gasteiger partial charge is 0.358 e. The maximum Gasteiger partial charge on any atom is 0.358 e. The number of amides is 1. The third-order valence-corrected chi connectivity index (χ3v) is 10.4. The Bertz CT molecular complexity index is 2390. The topological polar surface area (TPSA) is 144 Å². The predicted molar refractivity (Wildman–Crippen MR) is 218 cm³/mol. The molecule has 0 saturated carbocycles. The van der Waals surface area contributed by atoms with Crippen LogP contribution in [0.5, 0.6) is 5.75 Å². The number of carboxylic acids is 1. The molecule has 3 aromatic carbocycles. The van der Waals surface area contributed by atoms with Crippen molar-refractivity contribution < 1.29 is 29.0 Å². The fourth-order valence-electron chi connectivity index (χ4n) is 6.78. The number of anilines is 2. The van der Waals surface area contributed by atoms with Crippen molar-refractivity contribution in [2.45, 2.75) is 65.5 Å². The van der Waals surface area contributed by atoms with E-state index in [4.69, 9.17) is 19.6 Å². The highest BCUT2D eigenvalue weighted by molar-refractivity contribution is 7.22. The number of carbonyl (C=O) groups is 3. The number of esters is 1. The van der Waals surface area contributed by atoms with E-state index in [1.54, 1.807) is 12.3 Å². The van der Waals surface area contributed by atoms with Gasteiger partial charge in [-0.05, 0) is 117 Å². The number of nitrogens with one attached hydrogen (secondary N) is 1. The number of aryl methyl sites for hydroxylation is 1. The molecule has 11 nitrogen and oxygen atoms in total. The number of aromatic nitrogens is 3. The Morgan fingerprint density at radius 2 is 1.75 bits per heavy atom. The SMILES string of the molecule is Cc1c(OCCCc2ccc(CC(=O)O)cn2)cccc1-c1ccc(N2CCc3cccc(C(=O)Nc4nc5ccccc5s4)c3C2)nc1C(=O)OC(C)(C)C. The van der Waals surface area contributed by atoms with Gasteiger partial charge in [-0.2, -0.15) is 0 Å². The molecule has 0 atom stereocenters. The van der Waals surface area contributed by atoms with Gasteiger partial charge in [0.2, 0.25) is 0 Å². The second-order valence-corrected chi connectivity index (χ2v) is 15.8. The van der Waals surface area contributed by atoms with E-state index >= 15 is 0 Å².